The molecule has 2 aromatic rings. The van der Waals surface area contributed by atoms with E-state index >= 15 is 0 Å². The van der Waals surface area contributed by atoms with Gasteiger partial charge in [0, 0.05) is 42.7 Å². The second-order valence-electron chi connectivity index (χ2n) is 14.2. The van der Waals surface area contributed by atoms with Crippen LogP contribution in [0.15, 0.2) is 53.4 Å². The predicted molar refractivity (Wildman–Crippen MR) is 217 cm³/mol. The number of carbonyl (C=O) groups excluding carboxylic acids is 6. The predicted octanol–water partition coefficient (Wildman–Crippen LogP) is 1.33. The molecule has 2 aromatic carbocycles. The van der Waals surface area contributed by atoms with Crippen molar-refractivity contribution in [1.82, 2.24) is 25.6 Å². The Morgan fingerprint density at radius 1 is 0.845 bits per heavy atom. The Kier molecular flexibility index (Phi) is 19.7. The SMILES string of the molecule is CC[C@H](C)[C@@H](C(=O)NCCC(N)=O)N(C)C(=O)[C@H](CC(C)C)NC(=O)[C@H](CCN)NC(=O)CC[C@@H](NS(=O)(=O)c1ccc(NC(=O)c2ccc(Cl)cc2)cc1)C(=O)O. The number of nitrogens with zero attached hydrogens (tertiary/aromatic N) is 1. The third-order valence-corrected chi connectivity index (χ3v) is 10.8. The monoisotopic (exact) mass is 850 g/mol. The van der Waals surface area contributed by atoms with Gasteiger partial charge in [0.15, 0.2) is 0 Å². The fraction of sp³-hybridized carbons (Fsp3) is 0.500. The molecular weight excluding hydrogens is 796 g/mol. The van der Waals surface area contributed by atoms with Crippen LogP contribution in [0, 0.1) is 11.8 Å². The van der Waals surface area contributed by atoms with Crippen molar-refractivity contribution >= 4 is 68.7 Å². The Balaban J connectivity index is 2.11. The third-order valence-electron chi connectivity index (χ3n) is 9.10. The summed E-state index contributed by atoms with van der Waals surface area (Å²) in [4.78, 5) is 90.3. The van der Waals surface area contributed by atoms with Crippen LogP contribution in [-0.4, -0.2) is 104 Å². The molecule has 0 heterocycles. The molecule has 2 rings (SSSR count). The summed E-state index contributed by atoms with van der Waals surface area (Å²) in [5.41, 5.74) is 11.5. The lowest BCUT2D eigenvalue weighted by Crippen LogP contribution is -2.58. The largest absolute Gasteiger partial charge is 0.480 e. The Morgan fingerprint density at radius 2 is 1.47 bits per heavy atom. The molecule has 5 atom stereocenters. The van der Waals surface area contributed by atoms with Gasteiger partial charge >= 0.3 is 5.97 Å². The van der Waals surface area contributed by atoms with Gasteiger partial charge in [-0.15, -0.1) is 0 Å². The molecule has 0 radical (unpaired) electrons. The number of carboxylic acid groups (broad SMARTS) is 1. The first-order valence-corrected chi connectivity index (χ1v) is 20.6. The van der Waals surface area contributed by atoms with Gasteiger partial charge in [-0.25, -0.2) is 8.42 Å². The van der Waals surface area contributed by atoms with Gasteiger partial charge in [0.2, 0.25) is 39.6 Å². The first-order chi connectivity index (χ1) is 27.2. The molecule has 58 heavy (non-hydrogen) atoms. The van der Waals surface area contributed by atoms with E-state index in [0.29, 0.717) is 17.0 Å². The van der Waals surface area contributed by atoms with Crippen molar-refractivity contribution in [2.24, 2.45) is 23.3 Å². The quantitative estimate of drug-likeness (QED) is 0.0746. The molecule has 320 valence electrons. The van der Waals surface area contributed by atoms with Gasteiger partial charge in [0.05, 0.1) is 4.90 Å². The molecule has 0 aliphatic carbocycles. The van der Waals surface area contributed by atoms with Gasteiger partial charge in [0.1, 0.15) is 24.2 Å². The van der Waals surface area contributed by atoms with E-state index in [0.717, 1.165) is 0 Å². The fourth-order valence-corrected chi connectivity index (χ4v) is 7.14. The first kappa shape index (κ1) is 49.0. The Morgan fingerprint density at radius 3 is 2.00 bits per heavy atom. The van der Waals surface area contributed by atoms with E-state index in [-0.39, 0.29) is 54.8 Å². The van der Waals surface area contributed by atoms with E-state index in [1.807, 2.05) is 20.8 Å². The van der Waals surface area contributed by atoms with Crippen LogP contribution in [-0.2, 0) is 38.8 Å². The van der Waals surface area contributed by atoms with Crippen molar-refractivity contribution < 1.29 is 47.1 Å². The van der Waals surface area contributed by atoms with E-state index in [9.17, 15) is 47.1 Å². The normalized spacial score (nSPS) is 13.9. The molecule has 0 fully saturated rings. The second kappa shape index (κ2) is 23.3. The van der Waals surface area contributed by atoms with Gasteiger partial charge in [0.25, 0.3) is 5.91 Å². The standard InChI is InChI=1S/C38H55ClN8O10S/c1-6-23(4)33(36(52)42-20-18-31(41)48)47(5)37(53)30(21-22(2)3)45-35(51)28(17-19-40)44-32(49)16-15-29(38(54)55)46-58(56,57)27-13-11-26(12-14-27)43-34(50)24-7-9-25(39)10-8-24/h7-14,22-23,28-30,33,46H,6,15-21,40H2,1-5H3,(H2,41,48)(H,42,52)(H,43,50)(H,44,49)(H,45,51)(H,54,55)/t23-,28-,29+,30-,33-/m0/s1. The Bertz CT molecular complexity index is 1860. The van der Waals surface area contributed by atoms with Crippen LogP contribution in [0.25, 0.3) is 0 Å². The van der Waals surface area contributed by atoms with Crippen molar-refractivity contribution in [1.29, 1.82) is 0 Å². The number of hydrogen-bond acceptors (Lipinski definition) is 10. The summed E-state index contributed by atoms with van der Waals surface area (Å²) in [6.45, 7) is 7.23. The van der Waals surface area contributed by atoms with Crippen molar-refractivity contribution in [3.8, 4) is 0 Å². The molecule has 6 amide bonds. The second-order valence-corrected chi connectivity index (χ2v) is 16.4. The van der Waals surface area contributed by atoms with Crippen LogP contribution < -0.4 is 37.5 Å². The number of halogens is 1. The topological polar surface area (TPSA) is 289 Å². The minimum atomic E-state index is -4.42. The first-order valence-electron chi connectivity index (χ1n) is 18.7. The van der Waals surface area contributed by atoms with Crippen LogP contribution >= 0.6 is 11.6 Å². The van der Waals surface area contributed by atoms with E-state index in [2.05, 4.69) is 26.0 Å². The fourth-order valence-electron chi connectivity index (χ4n) is 5.79. The van der Waals surface area contributed by atoms with Gasteiger partial charge in [-0.2, -0.15) is 4.72 Å². The molecule has 0 aromatic heterocycles. The maximum Gasteiger partial charge on any atom is 0.321 e. The minimum absolute atomic E-state index is 0.0162. The maximum absolute atomic E-state index is 13.9. The maximum atomic E-state index is 13.9. The highest BCUT2D eigenvalue weighted by Gasteiger charge is 2.36. The number of nitrogens with one attached hydrogen (secondary N) is 5. The molecule has 0 aliphatic heterocycles. The number of likely N-dealkylation sites (N-methyl/N-ethyl adjacent to an activating group) is 1. The lowest BCUT2D eigenvalue weighted by Gasteiger charge is -2.35. The molecule has 0 unspecified atom stereocenters. The number of amides is 6. The van der Waals surface area contributed by atoms with Crippen molar-refractivity contribution in [3.05, 3.63) is 59.1 Å². The average molecular weight is 851 g/mol. The zero-order chi connectivity index (χ0) is 43.7. The lowest BCUT2D eigenvalue weighted by atomic mass is 9.95. The van der Waals surface area contributed by atoms with Crippen LogP contribution in [0.3, 0.4) is 0 Å². The highest BCUT2D eigenvalue weighted by molar-refractivity contribution is 7.89. The molecule has 0 spiro atoms. The molecule has 10 N–H and O–H groups in total. The summed E-state index contributed by atoms with van der Waals surface area (Å²) in [6.07, 6.45) is -0.447. The number of carboxylic acids is 1. The number of nitrogens with two attached hydrogens (primary N) is 2. The number of hydrogen-bond donors (Lipinski definition) is 8. The van der Waals surface area contributed by atoms with Crippen LogP contribution in [0.2, 0.25) is 5.02 Å². The Labute approximate surface area is 343 Å². The van der Waals surface area contributed by atoms with Gasteiger partial charge in [-0.3, -0.25) is 33.6 Å². The number of rotatable bonds is 24. The number of carbonyl (C=O) groups is 7. The smallest absolute Gasteiger partial charge is 0.321 e. The zero-order valence-corrected chi connectivity index (χ0v) is 34.8. The third kappa shape index (κ3) is 15.7. The van der Waals surface area contributed by atoms with E-state index in [1.165, 1.54) is 60.5 Å². The summed E-state index contributed by atoms with van der Waals surface area (Å²) >= 11 is 5.86. The van der Waals surface area contributed by atoms with E-state index < -0.39 is 88.4 Å². The van der Waals surface area contributed by atoms with Gasteiger partial charge in [-0.05, 0) is 86.2 Å². The molecule has 0 saturated heterocycles. The highest BCUT2D eigenvalue weighted by atomic mass is 35.5. The molecule has 0 aliphatic rings. The summed E-state index contributed by atoms with van der Waals surface area (Å²) < 4.78 is 28.3. The molecule has 20 heteroatoms. The zero-order valence-electron chi connectivity index (χ0n) is 33.2. The Hall–Kier alpha value is -5.11. The van der Waals surface area contributed by atoms with Gasteiger partial charge in [-0.1, -0.05) is 45.7 Å². The molecule has 18 nitrogen and oxygen atoms in total. The molecule has 0 saturated carbocycles. The van der Waals surface area contributed by atoms with E-state index in [1.54, 1.807) is 6.92 Å². The summed E-state index contributed by atoms with van der Waals surface area (Å²) in [5.74, 6) is -5.62. The number of sulfonamides is 1. The number of aliphatic carboxylic acids is 1. The van der Waals surface area contributed by atoms with E-state index in [4.69, 9.17) is 23.1 Å². The highest BCUT2D eigenvalue weighted by Crippen LogP contribution is 2.19. The van der Waals surface area contributed by atoms with Crippen LogP contribution in [0.4, 0.5) is 5.69 Å². The minimum Gasteiger partial charge on any atom is -0.480 e. The van der Waals surface area contributed by atoms with Crippen molar-refractivity contribution in [2.45, 2.75) is 95.3 Å². The number of benzene rings is 2. The number of anilines is 1. The summed E-state index contributed by atoms with van der Waals surface area (Å²) in [5, 5.41) is 20.7. The van der Waals surface area contributed by atoms with Crippen molar-refractivity contribution in [3.63, 3.8) is 0 Å². The molecule has 0 bridgehead atoms. The number of primary amides is 1. The van der Waals surface area contributed by atoms with Crippen LogP contribution in [0.5, 0.6) is 0 Å². The van der Waals surface area contributed by atoms with Crippen molar-refractivity contribution in [2.75, 3.05) is 25.5 Å². The summed E-state index contributed by atoms with van der Waals surface area (Å²) in [7, 11) is -2.97. The van der Waals surface area contributed by atoms with Crippen LogP contribution in [0.1, 0.15) is 76.6 Å². The average Bonchev–Trinajstić information content (AvgIpc) is 3.15. The van der Waals surface area contributed by atoms with Gasteiger partial charge < -0.3 is 42.7 Å². The molecular formula is C38H55ClN8O10S. The summed E-state index contributed by atoms with van der Waals surface area (Å²) in [6, 6.07) is 6.05. The lowest BCUT2D eigenvalue weighted by molar-refractivity contribution is -0.144.